The molecule has 17 heavy (non-hydrogen) atoms. The van der Waals surface area contributed by atoms with Crippen LogP contribution in [0.5, 0.6) is 0 Å². The van der Waals surface area contributed by atoms with Gasteiger partial charge in [-0.1, -0.05) is 23.2 Å². The molecule has 1 amide bonds. The standard InChI is InChI=1S/C10H13Cl2N3O2/c1-15(2-3-16)6-9(17)14-10-8(12)4-7(11)5-13-10/h4-5,16H,2-3,6H2,1H3,(H,13,14,17). The van der Waals surface area contributed by atoms with Gasteiger partial charge >= 0.3 is 0 Å². The van der Waals surface area contributed by atoms with Crippen LogP contribution in [0.4, 0.5) is 5.82 Å². The van der Waals surface area contributed by atoms with Crippen LogP contribution in [-0.4, -0.2) is 47.6 Å². The van der Waals surface area contributed by atoms with E-state index in [0.29, 0.717) is 11.6 Å². The van der Waals surface area contributed by atoms with E-state index in [0.717, 1.165) is 0 Å². The summed E-state index contributed by atoms with van der Waals surface area (Å²) in [5.41, 5.74) is 0. The van der Waals surface area contributed by atoms with E-state index < -0.39 is 0 Å². The third-order valence-electron chi connectivity index (χ3n) is 1.96. The van der Waals surface area contributed by atoms with Crippen molar-refractivity contribution in [2.24, 2.45) is 0 Å². The molecular formula is C10H13Cl2N3O2. The Balaban J connectivity index is 2.56. The quantitative estimate of drug-likeness (QED) is 0.850. The molecule has 0 bridgehead atoms. The highest BCUT2D eigenvalue weighted by atomic mass is 35.5. The number of halogens is 2. The fourth-order valence-corrected chi connectivity index (χ4v) is 1.60. The van der Waals surface area contributed by atoms with Crippen molar-refractivity contribution in [3.8, 4) is 0 Å². The molecule has 0 saturated heterocycles. The summed E-state index contributed by atoms with van der Waals surface area (Å²) in [6.45, 7) is 0.583. The SMILES string of the molecule is CN(CCO)CC(=O)Nc1ncc(Cl)cc1Cl. The van der Waals surface area contributed by atoms with E-state index in [1.54, 1.807) is 11.9 Å². The Labute approximate surface area is 109 Å². The number of pyridine rings is 1. The number of carbonyl (C=O) groups is 1. The second-order valence-corrected chi connectivity index (χ2v) is 4.34. The van der Waals surface area contributed by atoms with Gasteiger partial charge in [0, 0.05) is 12.7 Å². The van der Waals surface area contributed by atoms with Crippen molar-refractivity contribution in [3.63, 3.8) is 0 Å². The van der Waals surface area contributed by atoms with Gasteiger partial charge in [0.2, 0.25) is 5.91 Å². The van der Waals surface area contributed by atoms with Crippen LogP contribution < -0.4 is 5.32 Å². The minimum absolute atomic E-state index is 0.00370. The van der Waals surface area contributed by atoms with Crippen LogP contribution in [0.3, 0.4) is 0 Å². The Morgan fingerprint density at radius 1 is 1.59 bits per heavy atom. The van der Waals surface area contributed by atoms with E-state index >= 15 is 0 Å². The lowest BCUT2D eigenvalue weighted by atomic mass is 10.4. The van der Waals surface area contributed by atoms with E-state index in [9.17, 15) is 4.79 Å². The average Bonchev–Trinajstić information content (AvgIpc) is 2.22. The highest BCUT2D eigenvalue weighted by Gasteiger charge is 2.09. The van der Waals surface area contributed by atoms with Crippen molar-refractivity contribution in [3.05, 3.63) is 22.3 Å². The first-order valence-corrected chi connectivity index (χ1v) is 5.69. The molecule has 0 aromatic carbocycles. The minimum Gasteiger partial charge on any atom is -0.395 e. The molecule has 1 aromatic heterocycles. The Morgan fingerprint density at radius 3 is 2.88 bits per heavy atom. The highest BCUT2D eigenvalue weighted by molar-refractivity contribution is 6.36. The van der Waals surface area contributed by atoms with Crippen molar-refractivity contribution in [1.82, 2.24) is 9.88 Å². The van der Waals surface area contributed by atoms with E-state index in [1.807, 2.05) is 0 Å². The lowest BCUT2D eigenvalue weighted by Gasteiger charge is -2.14. The predicted molar refractivity (Wildman–Crippen MR) is 67.5 cm³/mol. The average molecular weight is 278 g/mol. The number of nitrogens with one attached hydrogen (secondary N) is 1. The molecule has 0 aliphatic carbocycles. The molecule has 7 heteroatoms. The largest absolute Gasteiger partial charge is 0.395 e. The van der Waals surface area contributed by atoms with Gasteiger partial charge in [-0.05, 0) is 13.1 Å². The predicted octanol–water partition coefficient (Wildman–Crippen LogP) is 1.25. The third-order valence-corrected chi connectivity index (χ3v) is 2.46. The second-order valence-electron chi connectivity index (χ2n) is 3.49. The molecule has 1 heterocycles. The van der Waals surface area contributed by atoms with Gasteiger partial charge in [0.1, 0.15) is 0 Å². The van der Waals surface area contributed by atoms with Crippen molar-refractivity contribution < 1.29 is 9.90 Å². The summed E-state index contributed by atoms with van der Waals surface area (Å²) in [7, 11) is 1.73. The fourth-order valence-electron chi connectivity index (χ4n) is 1.17. The monoisotopic (exact) mass is 277 g/mol. The third kappa shape index (κ3) is 4.87. The number of aromatic nitrogens is 1. The van der Waals surface area contributed by atoms with Crippen LogP contribution in [-0.2, 0) is 4.79 Å². The summed E-state index contributed by atoms with van der Waals surface area (Å²) in [6.07, 6.45) is 1.40. The lowest BCUT2D eigenvalue weighted by molar-refractivity contribution is -0.117. The van der Waals surface area contributed by atoms with E-state index in [-0.39, 0.29) is 29.9 Å². The zero-order chi connectivity index (χ0) is 12.8. The summed E-state index contributed by atoms with van der Waals surface area (Å²) in [4.78, 5) is 17.2. The van der Waals surface area contributed by atoms with Crippen LogP contribution in [0.1, 0.15) is 0 Å². The molecule has 0 aliphatic rings. The number of rotatable bonds is 5. The maximum Gasteiger partial charge on any atom is 0.239 e. The lowest BCUT2D eigenvalue weighted by Crippen LogP contribution is -2.32. The van der Waals surface area contributed by atoms with E-state index in [2.05, 4.69) is 10.3 Å². The number of hydrogen-bond acceptors (Lipinski definition) is 4. The van der Waals surface area contributed by atoms with Crippen LogP contribution >= 0.6 is 23.2 Å². The summed E-state index contributed by atoms with van der Waals surface area (Å²) in [6, 6.07) is 1.50. The molecule has 0 aliphatic heterocycles. The number of likely N-dealkylation sites (N-methyl/N-ethyl adjacent to an activating group) is 1. The van der Waals surface area contributed by atoms with Crippen LogP contribution in [0.25, 0.3) is 0 Å². The summed E-state index contributed by atoms with van der Waals surface area (Å²) in [5.74, 6) is 0.0242. The van der Waals surface area contributed by atoms with E-state index in [1.165, 1.54) is 12.3 Å². The van der Waals surface area contributed by atoms with Gasteiger partial charge in [-0.3, -0.25) is 9.69 Å². The Hall–Kier alpha value is -0.880. The zero-order valence-electron chi connectivity index (χ0n) is 9.28. The van der Waals surface area contributed by atoms with Crippen LogP contribution in [0.15, 0.2) is 12.3 Å². The Morgan fingerprint density at radius 2 is 2.29 bits per heavy atom. The molecular weight excluding hydrogens is 265 g/mol. The van der Waals surface area contributed by atoms with Gasteiger partial charge in [-0.15, -0.1) is 0 Å². The highest BCUT2D eigenvalue weighted by Crippen LogP contribution is 2.22. The van der Waals surface area contributed by atoms with Crippen LogP contribution in [0.2, 0.25) is 10.0 Å². The van der Waals surface area contributed by atoms with Gasteiger partial charge in [-0.25, -0.2) is 4.98 Å². The van der Waals surface area contributed by atoms with Crippen molar-refractivity contribution in [1.29, 1.82) is 0 Å². The fraction of sp³-hybridized carbons (Fsp3) is 0.400. The molecule has 94 valence electrons. The minimum atomic E-state index is -0.252. The summed E-state index contributed by atoms with van der Waals surface area (Å²) in [5, 5.41) is 12.0. The number of nitrogens with zero attached hydrogens (tertiary/aromatic N) is 2. The first kappa shape index (κ1) is 14.2. The maximum absolute atomic E-state index is 11.6. The van der Waals surface area contributed by atoms with Gasteiger partial charge in [-0.2, -0.15) is 0 Å². The molecule has 0 atom stereocenters. The Bertz CT molecular complexity index is 401. The van der Waals surface area contributed by atoms with Gasteiger partial charge in [0.05, 0.1) is 23.2 Å². The van der Waals surface area contributed by atoms with Gasteiger partial charge in [0.25, 0.3) is 0 Å². The second kappa shape index (κ2) is 6.76. The van der Waals surface area contributed by atoms with Gasteiger partial charge in [0.15, 0.2) is 5.82 Å². The molecule has 2 N–H and O–H groups in total. The number of carbonyl (C=O) groups excluding carboxylic acids is 1. The number of hydrogen-bond donors (Lipinski definition) is 2. The van der Waals surface area contributed by atoms with E-state index in [4.69, 9.17) is 28.3 Å². The van der Waals surface area contributed by atoms with Crippen molar-refractivity contribution in [2.75, 3.05) is 32.1 Å². The van der Waals surface area contributed by atoms with Crippen molar-refractivity contribution >= 4 is 34.9 Å². The molecule has 0 unspecified atom stereocenters. The first-order valence-electron chi connectivity index (χ1n) is 4.93. The first-order chi connectivity index (χ1) is 8.02. The molecule has 0 spiro atoms. The normalized spacial score (nSPS) is 10.6. The van der Waals surface area contributed by atoms with Crippen LogP contribution in [0, 0.1) is 0 Å². The molecule has 0 radical (unpaired) electrons. The number of aliphatic hydroxyl groups excluding tert-OH is 1. The maximum atomic E-state index is 11.6. The molecule has 0 saturated carbocycles. The summed E-state index contributed by atoms with van der Waals surface area (Å²) >= 11 is 11.5. The van der Waals surface area contributed by atoms with Gasteiger partial charge < -0.3 is 10.4 Å². The topological polar surface area (TPSA) is 65.5 Å². The molecule has 1 aromatic rings. The number of anilines is 1. The van der Waals surface area contributed by atoms with Crippen molar-refractivity contribution in [2.45, 2.75) is 0 Å². The zero-order valence-corrected chi connectivity index (χ0v) is 10.8. The number of amides is 1. The summed E-state index contributed by atoms with van der Waals surface area (Å²) < 4.78 is 0. The molecule has 5 nitrogen and oxygen atoms in total. The number of aliphatic hydroxyl groups is 1. The molecule has 0 fully saturated rings. The molecule has 1 rings (SSSR count). The Kier molecular flexibility index (Phi) is 5.64. The smallest absolute Gasteiger partial charge is 0.239 e.